The fourth-order valence-corrected chi connectivity index (χ4v) is 1.37. The Balaban J connectivity index is 1.95. The number of nitrogens with zero attached hydrogens (tertiary/aromatic N) is 1. The number of anilines is 1. The second-order valence-corrected chi connectivity index (χ2v) is 3.65. The van der Waals surface area contributed by atoms with Crippen molar-refractivity contribution in [3.8, 4) is 0 Å². The number of urea groups is 1. The highest BCUT2D eigenvalue weighted by atomic mass is 19.1. The fourth-order valence-electron chi connectivity index (χ4n) is 1.37. The monoisotopic (exact) mass is 259 g/mol. The molecule has 0 radical (unpaired) electrons. The van der Waals surface area contributed by atoms with E-state index in [2.05, 4.69) is 15.6 Å². The summed E-state index contributed by atoms with van der Waals surface area (Å²) < 4.78 is 12.7. The first-order chi connectivity index (χ1) is 9.15. The van der Waals surface area contributed by atoms with Crippen LogP contribution in [0.15, 0.2) is 48.8 Å². The van der Waals surface area contributed by atoms with E-state index in [0.29, 0.717) is 5.69 Å². The first kappa shape index (κ1) is 12.7. The molecule has 0 spiro atoms. The minimum Gasteiger partial charge on any atom is -0.308 e. The molecule has 6 heteroatoms. The summed E-state index contributed by atoms with van der Waals surface area (Å²) in [4.78, 5) is 27.0. The molecule has 0 saturated carbocycles. The van der Waals surface area contributed by atoms with E-state index in [1.54, 1.807) is 12.1 Å². The number of amides is 3. The zero-order valence-electron chi connectivity index (χ0n) is 9.76. The van der Waals surface area contributed by atoms with Gasteiger partial charge in [0, 0.05) is 23.6 Å². The van der Waals surface area contributed by atoms with E-state index in [-0.39, 0.29) is 5.56 Å². The lowest BCUT2D eigenvalue weighted by atomic mass is 10.2. The first-order valence-electron chi connectivity index (χ1n) is 5.43. The number of halogens is 1. The molecule has 0 aliphatic carbocycles. The van der Waals surface area contributed by atoms with Crippen LogP contribution in [0.2, 0.25) is 0 Å². The molecule has 96 valence electrons. The lowest BCUT2D eigenvalue weighted by Gasteiger charge is -2.06. The Bertz CT molecular complexity index is 585. The van der Waals surface area contributed by atoms with Gasteiger partial charge < -0.3 is 5.32 Å². The molecular formula is C13H10FN3O2. The molecule has 1 aromatic heterocycles. The van der Waals surface area contributed by atoms with Gasteiger partial charge in [-0.2, -0.15) is 0 Å². The molecule has 0 aliphatic rings. The van der Waals surface area contributed by atoms with E-state index in [4.69, 9.17) is 0 Å². The summed E-state index contributed by atoms with van der Waals surface area (Å²) in [6.07, 6.45) is 3.02. The zero-order valence-corrected chi connectivity index (χ0v) is 9.76. The van der Waals surface area contributed by atoms with Gasteiger partial charge in [-0.1, -0.05) is 0 Å². The fraction of sp³-hybridized carbons (Fsp3) is 0. The lowest BCUT2D eigenvalue weighted by Crippen LogP contribution is -2.34. The molecule has 3 amide bonds. The van der Waals surface area contributed by atoms with Crippen molar-refractivity contribution < 1.29 is 14.0 Å². The number of carbonyl (C=O) groups excluding carboxylic acids is 2. The van der Waals surface area contributed by atoms with Crippen LogP contribution in [0.5, 0.6) is 0 Å². The van der Waals surface area contributed by atoms with E-state index < -0.39 is 17.8 Å². The Morgan fingerprint density at radius 3 is 2.26 bits per heavy atom. The van der Waals surface area contributed by atoms with Gasteiger partial charge in [-0.25, -0.2) is 9.18 Å². The summed E-state index contributed by atoms with van der Waals surface area (Å²) in [5, 5.41) is 4.60. The summed E-state index contributed by atoms with van der Waals surface area (Å²) in [5.74, 6) is -1.05. The highest BCUT2D eigenvalue weighted by molar-refractivity contribution is 6.07. The number of imide groups is 1. The molecular weight excluding hydrogens is 249 g/mol. The molecule has 2 N–H and O–H groups in total. The van der Waals surface area contributed by atoms with Gasteiger partial charge in [0.1, 0.15) is 5.82 Å². The van der Waals surface area contributed by atoms with Crippen molar-refractivity contribution in [1.82, 2.24) is 10.3 Å². The van der Waals surface area contributed by atoms with Crippen molar-refractivity contribution in [2.24, 2.45) is 0 Å². The van der Waals surface area contributed by atoms with Crippen LogP contribution in [0.4, 0.5) is 14.9 Å². The first-order valence-corrected chi connectivity index (χ1v) is 5.43. The summed E-state index contributed by atoms with van der Waals surface area (Å²) >= 11 is 0. The Hall–Kier alpha value is -2.76. The molecule has 19 heavy (non-hydrogen) atoms. The zero-order chi connectivity index (χ0) is 13.7. The maximum Gasteiger partial charge on any atom is 0.326 e. The van der Waals surface area contributed by atoms with E-state index >= 15 is 0 Å². The van der Waals surface area contributed by atoms with Gasteiger partial charge in [0.2, 0.25) is 0 Å². The van der Waals surface area contributed by atoms with Crippen LogP contribution in [0, 0.1) is 5.82 Å². The van der Waals surface area contributed by atoms with Crippen LogP contribution in [0.1, 0.15) is 10.4 Å². The molecule has 0 atom stereocenters. The number of benzene rings is 1. The molecule has 1 aromatic carbocycles. The van der Waals surface area contributed by atoms with Crippen molar-refractivity contribution in [2.75, 3.05) is 5.32 Å². The van der Waals surface area contributed by atoms with Gasteiger partial charge in [-0.15, -0.1) is 0 Å². The normalized spacial score (nSPS) is 9.74. The smallest absolute Gasteiger partial charge is 0.308 e. The van der Waals surface area contributed by atoms with Gasteiger partial charge in [0.25, 0.3) is 5.91 Å². The number of hydrogen-bond acceptors (Lipinski definition) is 3. The van der Waals surface area contributed by atoms with Crippen molar-refractivity contribution in [2.45, 2.75) is 0 Å². The maximum absolute atomic E-state index is 12.7. The van der Waals surface area contributed by atoms with Crippen LogP contribution in [-0.2, 0) is 0 Å². The van der Waals surface area contributed by atoms with Gasteiger partial charge in [0.05, 0.1) is 0 Å². The minimum absolute atomic E-state index is 0.200. The Labute approximate surface area is 108 Å². The highest BCUT2D eigenvalue weighted by Gasteiger charge is 2.10. The van der Waals surface area contributed by atoms with Crippen molar-refractivity contribution in [3.63, 3.8) is 0 Å². The van der Waals surface area contributed by atoms with E-state index in [1.807, 2.05) is 0 Å². The van der Waals surface area contributed by atoms with Crippen LogP contribution in [0.25, 0.3) is 0 Å². The lowest BCUT2D eigenvalue weighted by molar-refractivity contribution is 0.0967. The van der Waals surface area contributed by atoms with E-state index in [1.165, 1.54) is 24.5 Å². The Kier molecular flexibility index (Phi) is 3.82. The minimum atomic E-state index is -0.666. The molecule has 0 fully saturated rings. The van der Waals surface area contributed by atoms with Crippen molar-refractivity contribution in [1.29, 1.82) is 0 Å². The van der Waals surface area contributed by atoms with Crippen molar-refractivity contribution in [3.05, 3.63) is 60.2 Å². The molecule has 2 aromatic rings. The van der Waals surface area contributed by atoms with Crippen LogP contribution in [0.3, 0.4) is 0 Å². The molecule has 0 unspecified atom stereocenters. The molecule has 0 saturated heterocycles. The number of aromatic nitrogens is 1. The average molecular weight is 259 g/mol. The van der Waals surface area contributed by atoms with Crippen LogP contribution >= 0.6 is 0 Å². The predicted molar refractivity (Wildman–Crippen MR) is 67.1 cm³/mol. The molecule has 5 nitrogen and oxygen atoms in total. The topological polar surface area (TPSA) is 71.1 Å². The SMILES string of the molecule is O=C(NC(=O)c1ccc(F)cc1)Nc1ccncc1. The van der Waals surface area contributed by atoms with Gasteiger partial charge >= 0.3 is 6.03 Å². The summed E-state index contributed by atoms with van der Waals surface area (Å²) in [5.41, 5.74) is 0.714. The van der Waals surface area contributed by atoms with Crippen LogP contribution < -0.4 is 10.6 Å². The number of pyridine rings is 1. The second-order valence-electron chi connectivity index (χ2n) is 3.65. The van der Waals surface area contributed by atoms with Gasteiger partial charge in [-0.05, 0) is 36.4 Å². The predicted octanol–water partition coefficient (Wildman–Crippen LogP) is 2.18. The molecule has 0 aliphatic heterocycles. The molecule has 0 bridgehead atoms. The maximum atomic E-state index is 12.7. The number of nitrogens with one attached hydrogen (secondary N) is 2. The quantitative estimate of drug-likeness (QED) is 0.868. The van der Waals surface area contributed by atoms with E-state index in [9.17, 15) is 14.0 Å². The number of carbonyl (C=O) groups is 2. The van der Waals surface area contributed by atoms with E-state index in [0.717, 1.165) is 12.1 Å². The third-order valence-electron chi connectivity index (χ3n) is 2.27. The van der Waals surface area contributed by atoms with Gasteiger partial charge in [0.15, 0.2) is 0 Å². The highest BCUT2D eigenvalue weighted by Crippen LogP contribution is 2.04. The largest absolute Gasteiger partial charge is 0.326 e. The third kappa shape index (κ3) is 3.60. The third-order valence-corrected chi connectivity index (χ3v) is 2.27. The van der Waals surface area contributed by atoms with Gasteiger partial charge in [-0.3, -0.25) is 15.1 Å². The molecule has 1 heterocycles. The second kappa shape index (κ2) is 5.72. The Morgan fingerprint density at radius 2 is 1.63 bits per heavy atom. The van der Waals surface area contributed by atoms with Crippen LogP contribution in [-0.4, -0.2) is 16.9 Å². The summed E-state index contributed by atoms with van der Waals surface area (Å²) in [6, 6.07) is 7.39. The number of hydrogen-bond donors (Lipinski definition) is 2. The number of rotatable bonds is 2. The molecule has 2 rings (SSSR count). The standard InChI is InChI=1S/C13H10FN3O2/c14-10-3-1-9(2-4-10)12(18)17-13(19)16-11-5-7-15-8-6-11/h1-8H,(H2,15,16,17,18,19). The summed E-state index contributed by atoms with van der Waals surface area (Å²) in [7, 11) is 0. The summed E-state index contributed by atoms with van der Waals surface area (Å²) in [6.45, 7) is 0. The Morgan fingerprint density at radius 1 is 1.00 bits per heavy atom. The average Bonchev–Trinajstić information content (AvgIpc) is 2.40. The van der Waals surface area contributed by atoms with Crippen molar-refractivity contribution >= 4 is 17.6 Å².